The second kappa shape index (κ2) is 7.15. The summed E-state index contributed by atoms with van der Waals surface area (Å²) in [5.74, 6) is 6.87. The van der Waals surface area contributed by atoms with E-state index in [-0.39, 0.29) is 0 Å². The number of para-hydroxylation sites is 1. The van der Waals surface area contributed by atoms with Gasteiger partial charge in [0.25, 0.3) is 0 Å². The number of hydrogen-bond donors (Lipinski definition) is 1. The van der Waals surface area contributed by atoms with Crippen LogP contribution in [0.25, 0.3) is 17.3 Å². The molecule has 23 heavy (non-hydrogen) atoms. The van der Waals surface area contributed by atoms with Crippen molar-refractivity contribution in [1.29, 1.82) is 0 Å². The van der Waals surface area contributed by atoms with E-state index >= 15 is 0 Å². The lowest BCUT2D eigenvalue weighted by Crippen LogP contribution is -1.85. The number of H-pyrrole nitrogens is 1. The predicted octanol–water partition coefficient (Wildman–Crippen LogP) is 4.15. The van der Waals surface area contributed by atoms with E-state index in [1.54, 1.807) is 13.2 Å². The summed E-state index contributed by atoms with van der Waals surface area (Å²) in [7, 11) is 1.64. The molecule has 1 N–H and O–H groups in total. The number of aromatic nitrogens is 2. The number of aromatic amines is 1. The van der Waals surface area contributed by atoms with Crippen LogP contribution in [-0.4, -0.2) is 17.3 Å². The van der Waals surface area contributed by atoms with Gasteiger partial charge in [-0.15, -0.1) is 0 Å². The number of ether oxygens (including phenoxy) is 1. The van der Waals surface area contributed by atoms with E-state index in [1.165, 1.54) is 0 Å². The van der Waals surface area contributed by atoms with Gasteiger partial charge in [0.15, 0.2) is 0 Å². The lowest BCUT2D eigenvalue weighted by Gasteiger charge is -2.00. The highest BCUT2D eigenvalue weighted by Gasteiger charge is 2.00. The Morgan fingerprint density at radius 2 is 1.83 bits per heavy atom. The zero-order valence-electron chi connectivity index (χ0n) is 12.8. The first kappa shape index (κ1) is 14.7. The standard InChI is InChI=1S/C20H16N2O/c1-23-20-14-8-6-12-17(20)11-5-7-13-18-15-19(22-21-18)16-9-3-2-4-10-16/h2-4,6-10,12-15H,1H3,(H,21,22)/b13-7-. The van der Waals surface area contributed by atoms with Crippen LogP contribution in [0.2, 0.25) is 0 Å². The van der Waals surface area contributed by atoms with Crippen LogP contribution in [0.1, 0.15) is 11.3 Å². The van der Waals surface area contributed by atoms with Crippen LogP contribution in [0.5, 0.6) is 5.75 Å². The molecule has 0 radical (unpaired) electrons. The first-order chi connectivity index (χ1) is 11.4. The highest BCUT2D eigenvalue weighted by Crippen LogP contribution is 2.17. The Bertz CT molecular complexity index is 867. The Balaban J connectivity index is 1.73. The molecule has 2 aromatic carbocycles. The molecule has 0 unspecified atom stereocenters. The SMILES string of the molecule is COc1ccccc1C#C/C=C\c1cc(-c2ccccc2)n[nH]1. The summed E-state index contributed by atoms with van der Waals surface area (Å²) in [6.45, 7) is 0. The third-order valence-corrected chi connectivity index (χ3v) is 3.33. The minimum Gasteiger partial charge on any atom is -0.495 e. The van der Waals surface area contributed by atoms with Crippen molar-refractivity contribution in [2.45, 2.75) is 0 Å². The van der Waals surface area contributed by atoms with Crippen LogP contribution >= 0.6 is 0 Å². The second-order valence-electron chi connectivity index (χ2n) is 4.88. The minimum atomic E-state index is 0.779. The summed E-state index contributed by atoms with van der Waals surface area (Å²) in [4.78, 5) is 0. The van der Waals surface area contributed by atoms with Crippen molar-refractivity contribution in [2.24, 2.45) is 0 Å². The Kier molecular flexibility index (Phi) is 4.56. The molecule has 1 heterocycles. The zero-order valence-corrected chi connectivity index (χ0v) is 12.8. The van der Waals surface area contributed by atoms with E-state index in [0.29, 0.717) is 0 Å². The molecule has 0 fully saturated rings. The Hall–Kier alpha value is -3.25. The number of hydrogen-bond acceptors (Lipinski definition) is 2. The summed E-state index contributed by atoms with van der Waals surface area (Å²) in [5, 5.41) is 7.30. The van der Waals surface area contributed by atoms with Crippen molar-refractivity contribution in [3.63, 3.8) is 0 Å². The Labute approximate surface area is 135 Å². The Morgan fingerprint density at radius 3 is 2.65 bits per heavy atom. The highest BCUT2D eigenvalue weighted by atomic mass is 16.5. The van der Waals surface area contributed by atoms with Crippen molar-refractivity contribution in [3.8, 4) is 28.8 Å². The van der Waals surface area contributed by atoms with E-state index in [2.05, 4.69) is 22.0 Å². The molecule has 3 heteroatoms. The lowest BCUT2D eigenvalue weighted by atomic mass is 10.1. The monoisotopic (exact) mass is 300 g/mol. The molecule has 0 aliphatic rings. The van der Waals surface area contributed by atoms with Crippen LogP contribution in [0.3, 0.4) is 0 Å². The first-order valence-electron chi connectivity index (χ1n) is 7.29. The fourth-order valence-corrected chi connectivity index (χ4v) is 2.18. The van der Waals surface area contributed by atoms with E-state index in [0.717, 1.165) is 28.3 Å². The topological polar surface area (TPSA) is 37.9 Å². The number of nitrogens with zero attached hydrogens (tertiary/aromatic N) is 1. The van der Waals surface area contributed by atoms with Crippen LogP contribution < -0.4 is 4.74 Å². The van der Waals surface area contributed by atoms with Crippen molar-refractivity contribution in [1.82, 2.24) is 10.2 Å². The van der Waals surface area contributed by atoms with Crippen LogP contribution in [0.15, 0.2) is 66.7 Å². The van der Waals surface area contributed by atoms with Gasteiger partial charge in [-0.25, -0.2) is 0 Å². The fraction of sp³-hybridized carbons (Fsp3) is 0.0500. The summed E-state index contributed by atoms with van der Waals surface area (Å²) in [6, 6.07) is 19.7. The Morgan fingerprint density at radius 1 is 1.04 bits per heavy atom. The average Bonchev–Trinajstić information content (AvgIpc) is 3.09. The summed E-state index contributed by atoms with van der Waals surface area (Å²) >= 11 is 0. The van der Waals surface area contributed by atoms with E-state index in [9.17, 15) is 0 Å². The summed E-state index contributed by atoms with van der Waals surface area (Å²) < 4.78 is 5.27. The predicted molar refractivity (Wildman–Crippen MR) is 92.9 cm³/mol. The molecule has 1 aromatic heterocycles. The van der Waals surface area contributed by atoms with Gasteiger partial charge in [-0.05, 0) is 30.4 Å². The second-order valence-corrected chi connectivity index (χ2v) is 4.88. The van der Waals surface area contributed by atoms with Crippen molar-refractivity contribution in [2.75, 3.05) is 7.11 Å². The molecule has 0 aliphatic carbocycles. The maximum atomic E-state index is 5.27. The number of rotatable bonds is 3. The number of allylic oxidation sites excluding steroid dienone is 1. The first-order valence-corrected chi connectivity index (χ1v) is 7.29. The number of nitrogens with one attached hydrogen (secondary N) is 1. The van der Waals surface area contributed by atoms with Gasteiger partial charge in [0.1, 0.15) is 5.75 Å². The van der Waals surface area contributed by atoms with Gasteiger partial charge < -0.3 is 4.74 Å². The third-order valence-electron chi connectivity index (χ3n) is 3.33. The molecule has 3 nitrogen and oxygen atoms in total. The zero-order chi connectivity index (χ0) is 15.9. The van der Waals surface area contributed by atoms with Gasteiger partial charge >= 0.3 is 0 Å². The summed E-state index contributed by atoms with van der Waals surface area (Å²) in [6.07, 6.45) is 3.70. The van der Waals surface area contributed by atoms with Gasteiger partial charge in [-0.3, -0.25) is 5.10 Å². The largest absolute Gasteiger partial charge is 0.495 e. The van der Waals surface area contributed by atoms with Crippen LogP contribution in [0, 0.1) is 11.8 Å². The molecular formula is C20H16N2O. The molecule has 3 aromatic rings. The maximum absolute atomic E-state index is 5.27. The molecule has 0 bridgehead atoms. The highest BCUT2D eigenvalue weighted by molar-refractivity contribution is 5.63. The molecule has 0 aliphatic heterocycles. The maximum Gasteiger partial charge on any atom is 0.134 e. The van der Waals surface area contributed by atoms with Crippen LogP contribution in [0.4, 0.5) is 0 Å². The quantitative estimate of drug-likeness (QED) is 0.738. The van der Waals surface area contributed by atoms with Gasteiger partial charge in [-0.2, -0.15) is 5.10 Å². The average molecular weight is 300 g/mol. The lowest BCUT2D eigenvalue weighted by molar-refractivity contribution is 0.413. The number of benzene rings is 2. The van der Waals surface area contributed by atoms with Crippen LogP contribution in [-0.2, 0) is 0 Å². The normalized spacial score (nSPS) is 10.3. The molecule has 112 valence electrons. The number of methoxy groups -OCH3 is 1. The van der Waals surface area contributed by atoms with Crippen molar-refractivity contribution >= 4 is 6.08 Å². The van der Waals surface area contributed by atoms with E-state index < -0.39 is 0 Å². The molecule has 0 spiro atoms. The molecule has 0 saturated carbocycles. The molecule has 0 saturated heterocycles. The fourth-order valence-electron chi connectivity index (χ4n) is 2.18. The van der Waals surface area contributed by atoms with Gasteiger partial charge in [0.05, 0.1) is 24.1 Å². The van der Waals surface area contributed by atoms with Gasteiger partial charge in [-0.1, -0.05) is 54.3 Å². The third kappa shape index (κ3) is 3.69. The smallest absolute Gasteiger partial charge is 0.134 e. The van der Waals surface area contributed by atoms with Crippen molar-refractivity contribution in [3.05, 3.63) is 78.0 Å². The van der Waals surface area contributed by atoms with E-state index in [1.807, 2.05) is 66.7 Å². The van der Waals surface area contributed by atoms with Gasteiger partial charge in [0.2, 0.25) is 0 Å². The summed E-state index contributed by atoms with van der Waals surface area (Å²) in [5.41, 5.74) is 3.79. The van der Waals surface area contributed by atoms with E-state index in [4.69, 9.17) is 4.74 Å². The van der Waals surface area contributed by atoms with Crippen molar-refractivity contribution < 1.29 is 4.74 Å². The van der Waals surface area contributed by atoms with Gasteiger partial charge in [0, 0.05) is 5.56 Å². The molecular weight excluding hydrogens is 284 g/mol. The molecule has 0 atom stereocenters. The molecule has 0 amide bonds. The minimum absolute atomic E-state index is 0.779. The molecule has 3 rings (SSSR count).